The van der Waals surface area contributed by atoms with Gasteiger partial charge in [0.2, 0.25) is 0 Å². The molecule has 4 nitrogen and oxygen atoms in total. The summed E-state index contributed by atoms with van der Waals surface area (Å²) in [5, 5.41) is 9.62. The summed E-state index contributed by atoms with van der Waals surface area (Å²) in [5.74, 6) is 1.21. The molecule has 5 heteroatoms. The molecule has 1 heterocycles. The molecule has 1 aromatic heterocycles. The quantitative estimate of drug-likeness (QED) is 0.766. The number of aliphatic hydroxyl groups excluding tert-OH is 1. The van der Waals surface area contributed by atoms with Crippen LogP contribution in [0.2, 0.25) is 0 Å². The first-order valence-corrected chi connectivity index (χ1v) is 5.60. The number of nitrogens with zero attached hydrogens (tertiary/aromatic N) is 2. The molecule has 0 aliphatic carbocycles. The van der Waals surface area contributed by atoms with Crippen LogP contribution in [-0.4, -0.2) is 43.5 Å². The second kappa shape index (κ2) is 6.68. The Hall–Kier alpha value is -0.840. The molecule has 0 aromatic carbocycles. The van der Waals surface area contributed by atoms with Crippen molar-refractivity contribution in [3.63, 3.8) is 0 Å². The first-order valence-electron chi connectivity index (χ1n) is 5.07. The molecule has 0 aliphatic heterocycles. The number of likely N-dealkylation sites (N-methyl/N-ethyl adjacent to an activating group) is 1. The van der Waals surface area contributed by atoms with Crippen molar-refractivity contribution in [2.45, 2.75) is 12.0 Å². The van der Waals surface area contributed by atoms with Gasteiger partial charge in [0.05, 0.1) is 18.6 Å². The van der Waals surface area contributed by atoms with Crippen molar-refractivity contribution in [3.05, 3.63) is 23.9 Å². The molecule has 1 N–H and O–H groups in total. The summed E-state index contributed by atoms with van der Waals surface area (Å²) < 4.78 is 4.87. The number of ether oxygens (including phenoxy) is 1. The number of methoxy groups -OCH3 is 1. The molecule has 1 rings (SSSR count). The van der Waals surface area contributed by atoms with Crippen LogP contribution in [0.25, 0.3) is 0 Å². The maximum absolute atomic E-state index is 9.62. The Balaban J connectivity index is 2.68. The van der Waals surface area contributed by atoms with Crippen LogP contribution in [0, 0.1) is 0 Å². The second-order valence-electron chi connectivity index (χ2n) is 3.61. The van der Waals surface area contributed by atoms with Gasteiger partial charge >= 0.3 is 0 Å². The monoisotopic (exact) mass is 244 g/mol. The van der Waals surface area contributed by atoms with Gasteiger partial charge in [-0.3, -0.25) is 0 Å². The molecule has 1 aromatic rings. The number of alkyl halides is 1. The van der Waals surface area contributed by atoms with E-state index < -0.39 is 6.10 Å². The van der Waals surface area contributed by atoms with E-state index in [-0.39, 0.29) is 0 Å². The normalized spacial score (nSPS) is 12.5. The van der Waals surface area contributed by atoms with E-state index in [1.165, 1.54) is 0 Å². The van der Waals surface area contributed by atoms with Gasteiger partial charge in [0, 0.05) is 32.5 Å². The van der Waals surface area contributed by atoms with Crippen LogP contribution in [-0.2, 0) is 10.6 Å². The average Bonchev–Trinajstić information content (AvgIpc) is 2.29. The average molecular weight is 245 g/mol. The number of aromatic nitrogens is 1. The predicted molar refractivity (Wildman–Crippen MR) is 64.9 cm³/mol. The van der Waals surface area contributed by atoms with E-state index in [0.717, 1.165) is 11.4 Å². The van der Waals surface area contributed by atoms with E-state index >= 15 is 0 Å². The molecule has 0 saturated carbocycles. The molecule has 1 unspecified atom stereocenters. The topological polar surface area (TPSA) is 45.6 Å². The summed E-state index contributed by atoms with van der Waals surface area (Å²) in [6.45, 7) is 0.780. The van der Waals surface area contributed by atoms with Gasteiger partial charge in [0.25, 0.3) is 0 Å². The van der Waals surface area contributed by atoms with Crippen molar-refractivity contribution in [1.82, 2.24) is 4.98 Å². The van der Waals surface area contributed by atoms with Crippen LogP contribution >= 0.6 is 11.6 Å². The van der Waals surface area contributed by atoms with E-state index in [2.05, 4.69) is 4.98 Å². The van der Waals surface area contributed by atoms with Gasteiger partial charge in [-0.25, -0.2) is 4.98 Å². The highest BCUT2D eigenvalue weighted by molar-refractivity contribution is 6.17. The number of hydrogen-bond acceptors (Lipinski definition) is 4. The van der Waals surface area contributed by atoms with Gasteiger partial charge in [-0.15, -0.1) is 11.6 Å². The molecule has 0 saturated heterocycles. The van der Waals surface area contributed by atoms with Gasteiger partial charge < -0.3 is 14.7 Å². The summed E-state index contributed by atoms with van der Waals surface area (Å²) in [6.07, 6.45) is 1.19. The van der Waals surface area contributed by atoms with E-state index in [1.54, 1.807) is 13.3 Å². The number of pyridine rings is 1. The Kier molecular flexibility index (Phi) is 5.52. The Morgan fingerprint density at radius 2 is 2.38 bits per heavy atom. The predicted octanol–water partition coefficient (Wildman–Crippen LogP) is 1.26. The fourth-order valence-corrected chi connectivity index (χ4v) is 1.73. The lowest BCUT2D eigenvalue weighted by molar-refractivity contribution is 0.0694. The SMILES string of the molecule is COCC(O)CN(C)c1ncccc1CCl. The van der Waals surface area contributed by atoms with Crippen molar-refractivity contribution in [2.75, 3.05) is 32.2 Å². The minimum atomic E-state index is -0.528. The van der Waals surface area contributed by atoms with Crippen LogP contribution in [0.15, 0.2) is 18.3 Å². The first-order chi connectivity index (χ1) is 7.69. The number of halogens is 1. The van der Waals surface area contributed by atoms with Gasteiger partial charge in [-0.1, -0.05) is 6.07 Å². The third kappa shape index (κ3) is 3.63. The first kappa shape index (κ1) is 13.2. The van der Waals surface area contributed by atoms with Crippen molar-refractivity contribution in [2.24, 2.45) is 0 Å². The smallest absolute Gasteiger partial charge is 0.132 e. The fraction of sp³-hybridized carbons (Fsp3) is 0.545. The molecular formula is C11H17ClN2O2. The zero-order chi connectivity index (χ0) is 12.0. The van der Waals surface area contributed by atoms with Gasteiger partial charge in [0.1, 0.15) is 5.82 Å². The lowest BCUT2D eigenvalue weighted by atomic mass is 10.2. The Morgan fingerprint density at radius 1 is 1.62 bits per heavy atom. The molecule has 0 amide bonds. The number of hydrogen-bond donors (Lipinski definition) is 1. The maximum Gasteiger partial charge on any atom is 0.132 e. The summed E-state index contributed by atoms with van der Waals surface area (Å²) in [4.78, 5) is 6.13. The number of rotatable bonds is 6. The van der Waals surface area contributed by atoms with Crippen molar-refractivity contribution < 1.29 is 9.84 Å². The Bertz CT molecular complexity index is 323. The molecule has 0 radical (unpaired) electrons. The lowest BCUT2D eigenvalue weighted by Gasteiger charge is -2.23. The maximum atomic E-state index is 9.62. The highest BCUT2D eigenvalue weighted by atomic mass is 35.5. The summed E-state index contributed by atoms with van der Waals surface area (Å²) in [5.41, 5.74) is 0.955. The number of aliphatic hydroxyl groups is 1. The third-order valence-corrected chi connectivity index (χ3v) is 2.50. The molecule has 0 fully saturated rings. The van der Waals surface area contributed by atoms with E-state index in [1.807, 2.05) is 24.1 Å². The standard InChI is InChI=1S/C11H17ClN2O2/c1-14(7-10(15)8-16-2)11-9(6-12)4-3-5-13-11/h3-5,10,15H,6-8H2,1-2H3. The third-order valence-electron chi connectivity index (χ3n) is 2.22. The van der Waals surface area contributed by atoms with Crippen LogP contribution in [0.4, 0.5) is 5.82 Å². The van der Waals surface area contributed by atoms with E-state index in [4.69, 9.17) is 16.3 Å². The highest BCUT2D eigenvalue weighted by Crippen LogP contribution is 2.17. The fourth-order valence-electron chi connectivity index (χ4n) is 1.53. The molecule has 0 spiro atoms. The van der Waals surface area contributed by atoms with Gasteiger partial charge in [-0.05, 0) is 6.07 Å². The minimum absolute atomic E-state index is 0.313. The van der Waals surface area contributed by atoms with Crippen LogP contribution in [0.3, 0.4) is 0 Å². The summed E-state index contributed by atoms with van der Waals surface area (Å²) in [6, 6.07) is 3.77. The van der Waals surface area contributed by atoms with E-state index in [9.17, 15) is 5.11 Å². The van der Waals surface area contributed by atoms with Crippen molar-refractivity contribution >= 4 is 17.4 Å². The van der Waals surface area contributed by atoms with Crippen molar-refractivity contribution in [3.8, 4) is 0 Å². The largest absolute Gasteiger partial charge is 0.389 e. The Morgan fingerprint density at radius 3 is 3.00 bits per heavy atom. The number of anilines is 1. The Labute approximate surface area is 101 Å². The second-order valence-corrected chi connectivity index (χ2v) is 3.88. The van der Waals surface area contributed by atoms with Crippen LogP contribution < -0.4 is 4.90 Å². The van der Waals surface area contributed by atoms with Crippen LogP contribution in [0.1, 0.15) is 5.56 Å². The molecule has 90 valence electrons. The summed E-state index contributed by atoms with van der Waals surface area (Å²) >= 11 is 5.82. The summed E-state index contributed by atoms with van der Waals surface area (Å²) in [7, 11) is 3.44. The zero-order valence-electron chi connectivity index (χ0n) is 9.56. The molecule has 0 bridgehead atoms. The molecule has 1 atom stereocenters. The molecule has 0 aliphatic rings. The molecule has 16 heavy (non-hydrogen) atoms. The van der Waals surface area contributed by atoms with Gasteiger partial charge in [-0.2, -0.15) is 0 Å². The molecular weight excluding hydrogens is 228 g/mol. The zero-order valence-corrected chi connectivity index (χ0v) is 10.3. The highest BCUT2D eigenvalue weighted by Gasteiger charge is 2.12. The lowest BCUT2D eigenvalue weighted by Crippen LogP contribution is -2.32. The minimum Gasteiger partial charge on any atom is -0.389 e. The van der Waals surface area contributed by atoms with Crippen molar-refractivity contribution in [1.29, 1.82) is 0 Å². The van der Waals surface area contributed by atoms with E-state index in [0.29, 0.717) is 19.0 Å². The van der Waals surface area contributed by atoms with Crippen LogP contribution in [0.5, 0.6) is 0 Å². The van der Waals surface area contributed by atoms with Gasteiger partial charge in [0.15, 0.2) is 0 Å².